The largest absolute Gasteiger partial charge is 0.469 e. The summed E-state index contributed by atoms with van der Waals surface area (Å²) in [6.07, 6.45) is 8.55. The zero-order chi connectivity index (χ0) is 13.9. The molecule has 2 N–H and O–H groups in total. The van der Waals surface area contributed by atoms with E-state index in [1.165, 1.54) is 5.56 Å². The fourth-order valence-electron chi connectivity index (χ4n) is 2.59. The van der Waals surface area contributed by atoms with Crippen molar-refractivity contribution in [1.29, 1.82) is 0 Å². The van der Waals surface area contributed by atoms with Crippen LogP contribution in [0, 0.1) is 0 Å². The van der Waals surface area contributed by atoms with Gasteiger partial charge in [0.05, 0.1) is 24.2 Å². The minimum Gasteiger partial charge on any atom is -0.469 e. The molecule has 1 unspecified atom stereocenters. The molecule has 0 aromatic carbocycles. The van der Waals surface area contributed by atoms with Gasteiger partial charge < -0.3 is 15.1 Å². The van der Waals surface area contributed by atoms with Crippen LogP contribution in [0.3, 0.4) is 0 Å². The molecule has 20 heavy (non-hydrogen) atoms. The lowest BCUT2D eigenvalue weighted by atomic mass is 9.93. The van der Waals surface area contributed by atoms with Crippen LogP contribution in [0.25, 0.3) is 0 Å². The van der Waals surface area contributed by atoms with Crippen molar-refractivity contribution in [3.8, 4) is 0 Å². The monoisotopic (exact) mass is 274 g/mol. The summed E-state index contributed by atoms with van der Waals surface area (Å²) >= 11 is 0. The summed E-state index contributed by atoms with van der Waals surface area (Å²) in [6.45, 7) is 0.236. The van der Waals surface area contributed by atoms with Gasteiger partial charge in [0.25, 0.3) is 0 Å². The molecule has 6 heteroatoms. The van der Waals surface area contributed by atoms with Crippen molar-refractivity contribution in [1.82, 2.24) is 15.1 Å². The van der Waals surface area contributed by atoms with Gasteiger partial charge in [-0.2, -0.15) is 5.10 Å². The van der Waals surface area contributed by atoms with Gasteiger partial charge in [-0.3, -0.25) is 9.48 Å². The van der Waals surface area contributed by atoms with Crippen LogP contribution in [0.1, 0.15) is 30.2 Å². The second kappa shape index (κ2) is 5.40. The number of aryl methyl sites for hydroxylation is 1. The third-order valence-corrected chi connectivity index (χ3v) is 3.61. The highest BCUT2D eigenvalue weighted by molar-refractivity contribution is 5.75. The Morgan fingerprint density at radius 1 is 1.60 bits per heavy atom. The molecule has 0 spiro atoms. The number of carbonyl (C=O) groups is 1. The third-order valence-electron chi connectivity index (χ3n) is 3.61. The SMILES string of the molecule is CNC(=O)Cn1cc(NC2CCCc3occc32)cn1. The number of carbonyl (C=O) groups excluding carboxylic acids is 1. The summed E-state index contributed by atoms with van der Waals surface area (Å²) < 4.78 is 7.11. The van der Waals surface area contributed by atoms with Crippen molar-refractivity contribution in [2.45, 2.75) is 31.8 Å². The number of hydrogen-bond acceptors (Lipinski definition) is 4. The van der Waals surface area contributed by atoms with Gasteiger partial charge in [-0.1, -0.05) is 0 Å². The molecule has 3 rings (SSSR count). The van der Waals surface area contributed by atoms with E-state index in [9.17, 15) is 4.79 Å². The predicted octanol–water partition coefficient (Wildman–Crippen LogP) is 1.71. The summed E-state index contributed by atoms with van der Waals surface area (Å²) in [5, 5.41) is 10.2. The van der Waals surface area contributed by atoms with Crippen LogP contribution in [0.2, 0.25) is 0 Å². The van der Waals surface area contributed by atoms with Crippen LogP contribution in [0.15, 0.2) is 29.1 Å². The van der Waals surface area contributed by atoms with Crippen molar-refractivity contribution in [2.75, 3.05) is 12.4 Å². The van der Waals surface area contributed by atoms with Gasteiger partial charge in [0, 0.05) is 25.2 Å². The van der Waals surface area contributed by atoms with E-state index in [-0.39, 0.29) is 18.5 Å². The van der Waals surface area contributed by atoms with E-state index in [0.29, 0.717) is 0 Å². The van der Waals surface area contributed by atoms with E-state index < -0.39 is 0 Å². The van der Waals surface area contributed by atoms with Crippen molar-refractivity contribution >= 4 is 11.6 Å². The molecule has 106 valence electrons. The molecule has 1 atom stereocenters. The number of furan rings is 1. The maximum atomic E-state index is 11.3. The zero-order valence-corrected chi connectivity index (χ0v) is 11.4. The van der Waals surface area contributed by atoms with Crippen LogP contribution in [-0.4, -0.2) is 22.7 Å². The number of likely N-dealkylation sites (N-methyl/N-ethyl adjacent to an activating group) is 1. The molecule has 1 aliphatic rings. The minimum atomic E-state index is -0.0607. The number of nitrogens with zero attached hydrogens (tertiary/aromatic N) is 2. The maximum Gasteiger partial charge on any atom is 0.241 e. The van der Waals surface area contributed by atoms with Crippen LogP contribution in [0.4, 0.5) is 5.69 Å². The quantitative estimate of drug-likeness (QED) is 0.890. The van der Waals surface area contributed by atoms with Gasteiger partial charge in [0.1, 0.15) is 12.3 Å². The lowest BCUT2D eigenvalue weighted by Gasteiger charge is -2.22. The van der Waals surface area contributed by atoms with E-state index in [4.69, 9.17) is 4.42 Å². The molecule has 0 radical (unpaired) electrons. The second-order valence-corrected chi connectivity index (χ2v) is 4.99. The molecule has 0 aliphatic heterocycles. The average molecular weight is 274 g/mol. The Hall–Kier alpha value is -2.24. The Morgan fingerprint density at radius 3 is 3.35 bits per heavy atom. The molecule has 0 saturated carbocycles. The van der Waals surface area contributed by atoms with E-state index in [0.717, 1.165) is 30.7 Å². The number of aromatic nitrogens is 2. The van der Waals surface area contributed by atoms with Gasteiger partial charge in [-0.05, 0) is 18.9 Å². The lowest BCUT2D eigenvalue weighted by Crippen LogP contribution is -2.23. The summed E-state index contributed by atoms with van der Waals surface area (Å²) in [4.78, 5) is 11.3. The van der Waals surface area contributed by atoms with E-state index >= 15 is 0 Å². The molecule has 6 nitrogen and oxygen atoms in total. The Labute approximate surface area is 117 Å². The molecule has 2 heterocycles. The zero-order valence-electron chi connectivity index (χ0n) is 11.4. The van der Waals surface area contributed by atoms with Gasteiger partial charge in [-0.25, -0.2) is 0 Å². The number of nitrogens with one attached hydrogen (secondary N) is 2. The highest BCUT2D eigenvalue weighted by atomic mass is 16.3. The van der Waals surface area contributed by atoms with E-state index in [1.807, 2.05) is 12.3 Å². The first-order valence-corrected chi connectivity index (χ1v) is 6.82. The summed E-state index contributed by atoms with van der Waals surface area (Å²) in [7, 11) is 1.62. The van der Waals surface area contributed by atoms with Crippen LogP contribution in [0.5, 0.6) is 0 Å². The van der Waals surface area contributed by atoms with Crippen molar-refractivity contribution in [2.24, 2.45) is 0 Å². The van der Waals surface area contributed by atoms with Crippen LogP contribution in [-0.2, 0) is 17.8 Å². The normalized spacial score (nSPS) is 17.6. The Bertz CT molecular complexity index is 602. The summed E-state index contributed by atoms with van der Waals surface area (Å²) in [5.41, 5.74) is 2.16. The minimum absolute atomic E-state index is 0.0607. The standard InChI is InChI=1S/C14H18N4O2/c1-15-14(19)9-18-8-10(7-16-18)17-12-3-2-4-13-11(12)5-6-20-13/h5-8,12,17H,2-4,9H2,1H3,(H,15,19). The second-order valence-electron chi connectivity index (χ2n) is 4.99. The number of amides is 1. The highest BCUT2D eigenvalue weighted by Crippen LogP contribution is 2.32. The fraction of sp³-hybridized carbons (Fsp3) is 0.429. The van der Waals surface area contributed by atoms with Gasteiger partial charge in [-0.15, -0.1) is 0 Å². The summed E-state index contributed by atoms with van der Waals surface area (Å²) in [6, 6.07) is 2.29. The van der Waals surface area contributed by atoms with Gasteiger partial charge in [0.2, 0.25) is 5.91 Å². The van der Waals surface area contributed by atoms with Crippen LogP contribution < -0.4 is 10.6 Å². The van der Waals surface area contributed by atoms with Crippen molar-refractivity contribution in [3.05, 3.63) is 36.0 Å². The first-order valence-electron chi connectivity index (χ1n) is 6.82. The highest BCUT2D eigenvalue weighted by Gasteiger charge is 2.22. The molecule has 2 aromatic rings. The molecule has 0 saturated heterocycles. The average Bonchev–Trinajstić information content (AvgIpc) is 3.08. The Balaban J connectivity index is 1.69. The first kappa shape index (κ1) is 12.8. The third kappa shape index (κ3) is 2.54. The van der Waals surface area contributed by atoms with Gasteiger partial charge >= 0.3 is 0 Å². The maximum absolute atomic E-state index is 11.3. The smallest absolute Gasteiger partial charge is 0.241 e. The fourth-order valence-corrected chi connectivity index (χ4v) is 2.59. The molecule has 1 aliphatic carbocycles. The molecule has 1 amide bonds. The predicted molar refractivity (Wildman–Crippen MR) is 74.3 cm³/mol. The van der Waals surface area contributed by atoms with Crippen molar-refractivity contribution < 1.29 is 9.21 Å². The molecular weight excluding hydrogens is 256 g/mol. The van der Waals surface area contributed by atoms with Crippen molar-refractivity contribution in [3.63, 3.8) is 0 Å². The summed E-state index contributed by atoms with van der Waals surface area (Å²) in [5.74, 6) is 1.01. The number of anilines is 1. The molecule has 0 bridgehead atoms. The number of hydrogen-bond donors (Lipinski definition) is 2. The number of rotatable bonds is 4. The Morgan fingerprint density at radius 2 is 2.50 bits per heavy atom. The van der Waals surface area contributed by atoms with Gasteiger partial charge in [0.15, 0.2) is 0 Å². The Kier molecular flexibility index (Phi) is 3.45. The van der Waals surface area contributed by atoms with Crippen LogP contribution >= 0.6 is 0 Å². The van der Waals surface area contributed by atoms with E-state index in [2.05, 4.69) is 15.7 Å². The lowest BCUT2D eigenvalue weighted by molar-refractivity contribution is -0.121. The topological polar surface area (TPSA) is 72.1 Å². The van der Waals surface area contributed by atoms with E-state index in [1.54, 1.807) is 24.2 Å². The molecular formula is C14H18N4O2. The molecule has 2 aromatic heterocycles. The number of fused-ring (bicyclic) bond motifs is 1. The first-order chi connectivity index (χ1) is 9.76. The molecule has 0 fully saturated rings.